The highest BCUT2D eigenvalue weighted by Gasteiger charge is 2.22. The molecule has 0 atom stereocenters. The lowest BCUT2D eigenvalue weighted by molar-refractivity contribution is 0.626. The summed E-state index contributed by atoms with van der Waals surface area (Å²) < 4.78 is 13.3. The Morgan fingerprint density at radius 1 is 1.12 bits per heavy atom. The number of hydrogen-bond donors (Lipinski definition) is 1. The number of nitrogens with zero attached hydrogens (tertiary/aromatic N) is 2. The van der Waals surface area contributed by atoms with Crippen molar-refractivity contribution in [2.24, 2.45) is 5.92 Å². The Morgan fingerprint density at radius 2 is 2.00 bits per heavy atom. The van der Waals surface area contributed by atoms with Crippen LogP contribution >= 0.6 is 11.6 Å². The van der Waals surface area contributed by atoms with Gasteiger partial charge in [-0.25, -0.2) is 4.39 Å². The molecule has 4 rings (SSSR count). The molecule has 2 aromatic heterocycles. The molecule has 2 heterocycles. The van der Waals surface area contributed by atoms with E-state index in [4.69, 9.17) is 11.6 Å². The zero-order chi connectivity index (χ0) is 17.9. The highest BCUT2D eigenvalue weighted by Crippen LogP contribution is 2.34. The van der Waals surface area contributed by atoms with Crippen molar-refractivity contribution in [3.8, 4) is 11.1 Å². The summed E-state index contributed by atoms with van der Waals surface area (Å²) in [5.74, 6) is 0.539. The number of rotatable bonds is 6. The Hall–Kier alpha value is -2.46. The van der Waals surface area contributed by atoms with Gasteiger partial charge in [-0.3, -0.25) is 9.97 Å². The minimum Gasteiger partial charge on any atom is -0.380 e. The summed E-state index contributed by atoms with van der Waals surface area (Å²) in [5.41, 5.74) is 4.70. The van der Waals surface area contributed by atoms with Crippen molar-refractivity contribution >= 4 is 17.3 Å². The quantitative estimate of drug-likeness (QED) is 0.625. The van der Waals surface area contributed by atoms with Gasteiger partial charge in [0.25, 0.3) is 0 Å². The number of nitrogens with one attached hydrogen (secondary N) is 1. The van der Waals surface area contributed by atoms with E-state index in [1.807, 2.05) is 12.1 Å². The van der Waals surface area contributed by atoms with Gasteiger partial charge in [-0.1, -0.05) is 23.7 Å². The summed E-state index contributed by atoms with van der Waals surface area (Å²) in [4.78, 5) is 8.77. The second kappa shape index (κ2) is 7.42. The predicted molar refractivity (Wildman–Crippen MR) is 103 cm³/mol. The van der Waals surface area contributed by atoms with Gasteiger partial charge in [0.05, 0.1) is 10.7 Å². The molecule has 0 spiro atoms. The van der Waals surface area contributed by atoms with E-state index in [0.717, 1.165) is 40.4 Å². The van der Waals surface area contributed by atoms with Gasteiger partial charge >= 0.3 is 0 Å². The van der Waals surface area contributed by atoms with Crippen molar-refractivity contribution in [3.05, 3.63) is 77.1 Å². The fourth-order valence-electron chi connectivity index (χ4n) is 2.97. The van der Waals surface area contributed by atoms with Crippen LogP contribution in [0.4, 0.5) is 10.1 Å². The van der Waals surface area contributed by atoms with Gasteiger partial charge in [0.2, 0.25) is 0 Å². The van der Waals surface area contributed by atoms with Gasteiger partial charge in [0.1, 0.15) is 5.82 Å². The highest BCUT2D eigenvalue weighted by molar-refractivity contribution is 6.33. The van der Waals surface area contributed by atoms with E-state index in [0.29, 0.717) is 11.6 Å². The molecule has 0 unspecified atom stereocenters. The number of benzene rings is 1. The molecule has 0 amide bonds. The van der Waals surface area contributed by atoms with Gasteiger partial charge in [0, 0.05) is 42.0 Å². The maximum Gasteiger partial charge on any atom is 0.123 e. The molecule has 0 bridgehead atoms. The van der Waals surface area contributed by atoms with Gasteiger partial charge < -0.3 is 5.32 Å². The van der Waals surface area contributed by atoms with Gasteiger partial charge in [-0.05, 0) is 55.0 Å². The van der Waals surface area contributed by atoms with E-state index in [9.17, 15) is 4.39 Å². The summed E-state index contributed by atoms with van der Waals surface area (Å²) in [7, 11) is 0. The van der Waals surface area contributed by atoms with Crippen molar-refractivity contribution < 1.29 is 4.39 Å². The van der Waals surface area contributed by atoms with Gasteiger partial charge in [0.15, 0.2) is 0 Å². The van der Waals surface area contributed by atoms with Crippen molar-refractivity contribution in [2.45, 2.75) is 25.8 Å². The third-order valence-corrected chi connectivity index (χ3v) is 4.84. The lowest BCUT2D eigenvalue weighted by Crippen LogP contribution is -2.00. The fraction of sp³-hybridized carbons (Fsp3) is 0.238. The molecule has 5 heteroatoms. The molecule has 0 aliphatic heterocycles. The number of anilines is 1. The molecule has 1 aliphatic rings. The molecule has 3 nitrogen and oxygen atoms in total. The molecule has 3 aromatic rings. The molecule has 132 valence electrons. The number of halogens is 2. The van der Waals surface area contributed by atoms with Crippen LogP contribution in [0.2, 0.25) is 5.02 Å². The molecule has 1 fully saturated rings. The van der Waals surface area contributed by atoms with E-state index in [-0.39, 0.29) is 5.82 Å². The Morgan fingerprint density at radius 3 is 2.81 bits per heavy atom. The van der Waals surface area contributed by atoms with E-state index in [1.165, 1.54) is 25.0 Å². The lowest BCUT2D eigenvalue weighted by Gasteiger charge is -2.10. The third kappa shape index (κ3) is 4.20. The SMILES string of the molecule is Fc1cccc(CNc2cncc(-c3cc(CC4CC4)ncc3Cl)c2)c1. The predicted octanol–water partition coefficient (Wildman–Crippen LogP) is 5.50. The van der Waals surface area contributed by atoms with Crippen LogP contribution in [-0.4, -0.2) is 9.97 Å². The van der Waals surface area contributed by atoms with Crippen LogP contribution in [0.15, 0.2) is 55.0 Å². The molecule has 1 N–H and O–H groups in total. The zero-order valence-electron chi connectivity index (χ0n) is 14.3. The molecule has 1 saturated carbocycles. The van der Waals surface area contributed by atoms with Crippen LogP contribution in [-0.2, 0) is 13.0 Å². The number of hydrogen-bond acceptors (Lipinski definition) is 3. The average molecular weight is 368 g/mol. The van der Waals surface area contributed by atoms with Crippen molar-refractivity contribution in [3.63, 3.8) is 0 Å². The van der Waals surface area contributed by atoms with E-state index < -0.39 is 0 Å². The van der Waals surface area contributed by atoms with Crippen molar-refractivity contribution in [1.29, 1.82) is 0 Å². The topological polar surface area (TPSA) is 37.8 Å². The fourth-order valence-corrected chi connectivity index (χ4v) is 3.18. The van der Waals surface area contributed by atoms with Crippen LogP contribution in [0.1, 0.15) is 24.1 Å². The molecular weight excluding hydrogens is 349 g/mol. The molecule has 26 heavy (non-hydrogen) atoms. The smallest absolute Gasteiger partial charge is 0.123 e. The first-order chi connectivity index (χ1) is 12.7. The Bertz CT molecular complexity index is 925. The number of aromatic nitrogens is 2. The molecular formula is C21H19ClFN3. The standard InChI is InChI=1S/C21H19ClFN3/c22-21-13-26-18(7-14-4-5-14)9-20(21)16-8-19(12-24-11-16)25-10-15-2-1-3-17(23)6-15/h1-3,6,8-9,11-14,25H,4-5,7,10H2. The number of pyridine rings is 2. The molecule has 1 aromatic carbocycles. The van der Waals surface area contributed by atoms with Crippen LogP contribution < -0.4 is 5.32 Å². The summed E-state index contributed by atoms with van der Waals surface area (Å²) in [6, 6.07) is 10.6. The Balaban J connectivity index is 1.53. The first-order valence-electron chi connectivity index (χ1n) is 8.75. The second-order valence-corrected chi connectivity index (χ2v) is 7.16. The minimum atomic E-state index is -0.233. The van der Waals surface area contributed by atoms with Crippen LogP contribution in [0, 0.1) is 11.7 Å². The maximum atomic E-state index is 13.3. The van der Waals surface area contributed by atoms with Crippen molar-refractivity contribution in [2.75, 3.05) is 5.32 Å². The Labute approximate surface area is 157 Å². The third-order valence-electron chi connectivity index (χ3n) is 4.54. The summed E-state index contributed by atoms with van der Waals surface area (Å²) >= 11 is 6.37. The van der Waals surface area contributed by atoms with E-state index in [2.05, 4.69) is 21.4 Å². The summed E-state index contributed by atoms with van der Waals surface area (Å²) in [6.07, 6.45) is 8.87. The first-order valence-corrected chi connectivity index (χ1v) is 9.13. The molecule has 0 saturated heterocycles. The van der Waals surface area contributed by atoms with Crippen molar-refractivity contribution in [1.82, 2.24) is 9.97 Å². The maximum absolute atomic E-state index is 13.3. The second-order valence-electron chi connectivity index (χ2n) is 6.75. The molecule has 1 aliphatic carbocycles. The van der Waals surface area contributed by atoms with Gasteiger partial charge in [-0.15, -0.1) is 0 Å². The lowest BCUT2D eigenvalue weighted by atomic mass is 10.1. The monoisotopic (exact) mass is 367 g/mol. The average Bonchev–Trinajstić information content (AvgIpc) is 3.46. The van der Waals surface area contributed by atoms with Crippen LogP contribution in [0.3, 0.4) is 0 Å². The Kier molecular flexibility index (Phi) is 4.85. The van der Waals surface area contributed by atoms with Crippen LogP contribution in [0.5, 0.6) is 0 Å². The van der Waals surface area contributed by atoms with Gasteiger partial charge in [-0.2, -0.15) is 0 Å². The minimum absolute atomic E-state index is 0.233. The van der Waals surface area contributed by atoms with Crippen LogP contribution in [0.25, 0.3) is 11.1 Å². The van der Waals surface area contributed by atoms with E-state index in [1.54, 1.807) is 24.7 Å². The normalized spacial score (nSPS) is 13.6. The largest absolute Gasteiger partial charge is 0.380 e. The summed E-state index contributed by atoms with van der Waals surface area (Å²) in [6.45, 7) is 0.528. The van der Waals surface area contributed by atoms with E-state index >= 15 is 0 Å². The highest BCUT2D eigenvalue weighted by atomic mass is 35.5. The summed E-state index contributed by atoms with van der Waals surface area (Å²) in [5, 5.41) is 3.91. The molecule has 0 radical (unpaired) electrons. The first kappa shape index (κ1) is 17.0. The zero-order valence-corrected chi connectivity index (χ0v) is 15.0.